The standard InChI is InChI=1S/C15H14ClNO3/c1-9(2)11-5-3-4-6-13(11)20-14-12(16)7-10(8-17-14)15(18)19/h3-9H,1-2H3,(H,18,19). The minimum Gasteiger partial charge on any atom is -0.478 e. The zero-order valence-corrected chi connectivity index (χ0v) is 11.9. The predicted molar refractivity (Wildman–Crippen MR) is 76.8 cm³/mol. The van der Waals surface area contributed by atoms with Gasteiger partial charge < -0.3 is 9.84 Å². The highest BCUT2D eigenvalue weighted by Gasteiger charge is 2.13. The van der Waals surface area contributed by atoms with Crippen molar-refractivity contribution < 1.29 is 14.6 Å². The van der Waals surface area contributed by atoms with Gasteiger partial charge in [0.15, 0.2) is 0 Å². The van der Waals surface area contributed by atoms with E-state index in [1.165, 1.54) is 12.3 Å². The number of carboxylic acids is 1. The molecular formula is C15H14ClNO3. The molecule has 0 aliphatic heterocycles. The van der Waals surface area contributed by atoms with Crippen molar-refractivity contribution in [3.05, 3.63) is 52.7 Å². The molecule has 0 bridgehead atoms. The number of rotatable bonds is 4. The molecular weight excluding hydrogens is 278 g/mol. The lowest BCUT2D eigenvalue weighted by Crippen LogP contribution is -2.00. The van der Waals surface area contributed by atoms with Crippen LogP contribution in [0.3, 0.4) is 0 Å². The summed E-state index contributed by atoms with van der Waals surface area (Å²) in [6.07, 6.45) is 1.22. The topological polar surface area (TPSA) is 59.4 Å². The summed E-state index contributed by atoms with van der Waals surface area (Å²) in [5.74, 6) is 0.0848. The molecule has 104 valence electrons. The minimum atomic E-state index is -1.08. The van der Waals surface area contributed by atoms with Gasteiger partial charge in [-0.25, -0.2) is 9.78 Å². The lowest BCUT2D eigenvalue weighted by atomic mass is 10.0. The van der Waals surface area contributed by atoms with Crippen LogP contribution in [0, 0.1) is 0 Å². The molecule has 20 heavy (non-hydrogen) atoms. The van der Waals surface area contributed by atoms with Crippen LogP contribution in [0.2, 0.25) is 5.02 Å². The van der Waals surface area contributed by atoms with E-state index in [1.54, 1.807) is 0 Å². The molecule has 0 unspecified atom stereocenters. The van der Waals surface area contributed by atoms with E-state index in [2.05, 4.69) is 18.8 Å². The Hall–Kier alpha value is -2.07. The van der Waals surface area contributed by atoms with E-state index in [0.717, 1.165) is 5.56 Å². The van der Waals surface area contributed by atoms with Crippen molar-refractivity contribution >= 4 is 17.6 Å². The number of ether oxygens (including phenoxy) is 1. The van der Waals surface area contributed by atoms with Crippen LogP contribution in [-0.2, 0) is 0 Å². The van der Waals surface area contributed by atoms with Crippen LogP contribution in [0.4, 0.5) is 0 Å². The third kappa shape index (κ3) is 3.08. The highest BCUT2D eigenvalue weighted by atomic mass is 35.5. The molecule has 0 saturated heterocycles. The van der Waals surface area contributed by atoms with Crippen LogP contribution in [0.5, 0.6) is 11.6 Å². The van der Waals surface area contributed by atoms with Crippen LogP contribution in [-0.4, -0.2) is 16.1 Å². The molecule has 0 radical (unpaired) electrons. The number of carboxylic acid groups (broad SMARTS) is 1. The zero-order chi connectivity index (χ0) is 14.7. The number of halogens is 1. The van der Waals surface area contributed by atoms with E-state index in [1.807, 2.05) is 24.3 Å². The monoisotopic (exact) mass is 291 g/mol. The molecule has 2 aromatic rings. The highest BCUT2D eigenvalue weighted by Crippen LogP contribution is 2.32. The first-order valence-corrected chi connectivity index (χ1v) is 6.52. The van der Waals surface area contributed by atoms with Gasteiger partial charge in [-0.05, 0) is 23.6 Å². The normalized spacial score (nSPS) is 10.6. The average Bonchev–Trinajstić information content (AvgIpc) is 2.41. The van der Waals surface area contributed by atoms with Gasteiger partial charge in [0.05, 0.1) is 5.56 Å². The Morgan fingerprint density at radius 3 is 2.65 bits per heavy atom. The second kappa shape index (κ2) is 5.92. The number of nitrogens with zero attached hydrogens (tertiary/aromatic N) is 1. The highest BCUT2D eigenvalue weighted by molar-refractivity contribution is 6.32. The summed E-state index contributed by atoms with van der Waals surface area (Å²) in [7, 11) is 0. The summed E-state index contributed by atoms with van der Waals surface area (Å²) in [6, 6.07) is 8.92. The van der Waals surface area contributed by atoms with Gasteiger partial charge in [0.2, 0.25) is 5.88 Å². The lowest BCUT2D eigenvalue weighted by Gasteiger charge is -2.13. The van der Waals surface area contributed by atoms with Crippen molar-refractivity contribution in [3.8, 4) is 11.6 Å². The maximum Gasteiger partial charge on any atom is 0.337 e. The second-order valence-corrected chi connectivity index (χ2v) is 5.02. The van der Waals surface area contributed by atoms with Crippen LogP contribution in [0.15, 0.2) is 36.5 Å². The van der Waals surface area contributed by atoms with Gasteiger partial charge in [0, 0.05) is 6.20 Å². The van der Waals surface area contributed by atoms with Crippen molar-refractivity contribution in [2.24, 2.45) is 0 Å². The molecule has 0 saturated carbocycles. The first-order chi connectivity index (χ1) is 9.49. The average molecular weight is 292 g/mol. The molecule has 0 atom stereocenters. The summed E-state index contributed by atoms with van der Waals surface area (Å²) >= 11 is 6.00. The summed E-state index contributed by atoms with van der Waals surface area (Å²) in [4.78, 5) is 14.8. The molecule has 0 amide bonds. The Bertz CT molecular complexity index is 641. The molecule has 0 aliphatic rings. The fraction of sp³-hybridized carbons (Fsp3) is 0.200. The van der Waals surface area contributed by atoms with Crippen LogP contribution < -0.4 is 4.74 Å². The molecule has 5 heteroatoms. The third-order valence-corrected chi connectivity index (χ3v) is 3.07. The SMILES string of the molecule is CC(C)c1ccccc1Oc1ncc(C(=O)O)cc1Cl. The molecule has 1 aromatic carbocycles. The van der Waals surface area contributed by atoms with E-state index in [-0.39, 0.29) is 16.5 Å². The van der Waals surface area contributed by atoms with Crippen molar-refractivity contribution in [3.63, 3.8) is 0 Å². The van der Waals surface area contributed by atoms with Gasteiger partial charge in [-0.3, -0.25) is 0 Å². The summed E-state index contributed by atoms with van der Waals surface area (Å²) in [5, 5.41) is 9.04. The van der Waals surface area contributed by atoms with E-state index in [9.17, 15) is 4.79 Å². The molecule has 1 heterocycles. The first kappa shape index (κ1) is 14.3. The smallest absolute Gasteiger partial charge is 0.337 e. The van der Waals surface area contributed by atoms with Crippen LogP contribution >= 0.6 is 11.6 Å². The van der Waals surface area contributed by atoms with E-state index in [4.69, 9.17) is 21.4 Å². The van der Waals surface area contributed by atoms with Gasteiger partial charge in [0.1, 0.15) is 10.8 Å². The maximum atomic E-state index is 10.8. The van der Waals surface area contributed by atoms with Gasteiger partial charge in [-0.2, -0.15) is 0 Å². The van der Waals surface area contributed by atoms with Crippen molar-refractivity contribution in [1.82, 2.24) is 4.98 Å². The van der Waals surface area contributed by atoms with Gasteiger partial charge in [0.25, 0.3) is 0 Å². The Kier molecular flexibility index (Phi) is 4.25. The Labute approximate surface area is 122 Å². The largest absolute Gasteiger partial charge is 0.478 e. The lowest BCUT2D eigenvalue weighted by molar-refractivity contribution is 0.0696. The third-order valence-electron chi connectivity index (χ3n) is 2.80. The van der Waals surface area contributed by atoms with E-state index in [0.29, 0.717) is 11.7 Å². The van der Waals surface area contributed by atoms with E-state index < -0.39 is 5.97 Å². The first-order valence-electron chi connectivity index (χ1n) is 6.14. The minimum absolute atomic E-state index is 0.0273. The zero-order valence-electron chi connectivity index (χ0n) is 11.1. The summed E-state index contributed by atoms with van der Waals surface area (Å²) < 4.78 is 5.70. The van der Waals surface area contributed by atoms with Crippen molar-refractivity contribution in [2.75, 3.05) is 0 Å². The van der Waals surface area contributed by atoms with Gasteiger partial charge in [-0.15, -0.1) is 0 Å². The molecule has 0 fully saturated rings. The molecule has 1 aromatic heterocycles. The van der Waals surface area contributed by atoms with Crippen LogP contribution in [0.25, 0.3) is 0 Å². The van der Waals surface area contributed by atoms with Crippen molar-refractivity contribution in [1.29, 1.82) is 0 Å². The number of aromatic nitrogens is 1. The second-order valence-electron chi connectivity index (χ2n) is 4.61. The molecule has 0 aliphatic carbocycles. The number of benzene rings is 1. The number of carbonyl (C=O) groups is 1. The van der Waals surface area contributed by atoms with E-state index >= 15 is 0 Å². The fourth-order valence-electron chi connectivity index (χ4n) is 1.77. The fourth-order valence-corrected chi connectivity index (χ4v) is 1.98. The van der Waals surface area contributed by atoms with Gasteiger partial charge in [-0.1, -0.05) is 43.6 Å². The molecule has 2 rings (SSSR count). The molecule has 1 N–H and O–H groups in total. The molecule has 0 spiro atoms. The van der Waals surface area contributed by atoms with Crippen LogP contribution in [0.1, 0.15) is 35.7 Å². The maximum absolute atomic E-state index is 10.8. The number of pyridine rings is 1. The summed E-state index contributed by atoms with van der Waals surface area (Å²) in [5.41, 5.74) is 1.06. The predicted octanol–water partition coefficient (Wildman–Crippen LogP) is 4.35. The summed E-state index contributed by atoms with van der Waals surface area (Å²) in [6.45, 7) is 4.12. The van der Waals surface area contributed by atoms with Crippen molar-refractivity contribution in [2.45, 2.75) is 19.8 Å². The molecule has 4 nitrogen and oxygen atoms in total. The number of para-hydroxylation sites is 1. The number of hydrogen-bond acceptors (Lipinski definition) is 3. The Morgan fingerprint density at radius 2 is 2.05 bits per heavy atom. The Balaban J connectivity index is 2.33. The number of aromatic carboxylic acids is 1. The Morgan fingerprint density at radius 1 is 1.35 bits per heavy atom. The quantitative estimate of drug-likeness (QED) is 0.910. The van der Waals surface area contributed by atoms with Gasteiger partial charge >= 0.3 is 5.97 Å². The number of hydrogen-bond donors (Lipinski definition) is 1.